The molecule has 0 atom stereocenters. The van der Waals surface area contributed by atoms with Crippen molar-refractivity contribution in [2.75, 3.05) is 0 Å². The molecule has 0 bridgehead atoms. The van der Waals surface area contributed by atoms with Crippen molar-refractivity contribution in [2.24, 2.45) is 10.8 Å². The van der Waals surface area contributed by atoms with Crippen LogP contribution in [0, 0.1) is 0 Å². The number of nitrogens with two attached hydrogens (primary N) is 1. The predicted molar refractivity (Wildman–Crippen MR) is 81.0 cm³/mol. The van der Waals surface area contributed by atoms with E-state index in [2.05, 4.69) is 5.10 Å². The monoisotopic (exact) mass is 319 g/mol. The number of rotatable bonds is 5. The third-order valence-electron chi connectivity index (χ3n) is 2.53. The first-order chi connectivity index (χ1) is 10.5. The molecule has 2 rings (SSSR count). The summed E-state index contributed by atoms with van der Waals surface area (Å²) in [5.41, 5.74) is 7.27. The highest BCUT2D eigenvalue weighted by atomic mass is 32.2. The molecule has 7 nitrogen and oxygen atoms in total. The lowest BCUT2D eigenvalue weighted by Gasteiger charge is -2.09. The molecule has 0 unspecified atom stereocenters. The molecule has 0 aliphatic carbocycles. The SMILES string of the molecule is NC(=O)NN=Cc1ccccc1OS(=O)(=O)c1ccccc1. The van der Waals surface area contributed by atoms with Crippen molar-refractivity contribution >= 4 is 22.4 Å². The van der Waals surface area contributed by atoms with Crippen LogP contribution in [0.5, 0.6) is 5.75 Å². The highest BCUT2D eigenvalue weighted by Gasteiger charge is 2.17. The summed E-state index contributed by atoms with van der Waals surface area (Å²) < 4.78 is 29.5. The zero-order valence-corrected chi connectivity index (χ0v) is 12.2. The molecule has 8 heteroatoms. The van der Waals surface area contributed by atoms with Gasteiger partial charge in [-0.2, -0.15) is 13.5 Å². The molecule has 3 N–H and O–H groups in total. The van der Waals surface area contributed by atoms with E-state index in [1.54, 1.807) is 36.4 Å². The summed E-state index contributed by atoms with van der Waals surface area (Å²) in [6.45, 7) is 0. The van der Waals surface area contributed by atoms with Crippen LogP contribution in [0.2, 0.25) is 0 Å². The molecule has 0 aromatic heterocycles. The standard InChI is InChI=1S/C14H13N3O4S/c15-14(18)17-16-10-11-6-4-5-9-13(11)21-22(19,20)12-7-2-1-3-8-12/h1-10H,(H3,15,17,18). The maximum atomic E-state index is 12.2. The topological polar surface area (TPSA) is 111 Å². The minimum Gasteiger partial charge on any atom is -0.378 e. The van der Waals surface area contributed by atoms with Gasteiger partial charge in [0.25, 0.3) is 0 Å². The summed E-state index contributed by atoms with van der Waals surface area (Å²) in [6, 6.07) is 13.3. The zero-order chi connectivity index (χ0) is 16.0. The van der Waals surface area contributed by atoms with Crippen LogP contribution in [-0.4, -0.2) is 20.7 Å². The van der Waals surface area contributed by atoms with Gasteiger partial charge in [0.1, 0.15) is 4.90 Å². The lowest BCUT2D eigenvalue weighted by Crippen LogP contribution is -2.24. The van der Waals surface area contributed by atoms with Crippen molar-refractivity contribution in [2.45, 2.75) is 4.90 Å². The summed E-state index contributed by atoms with van der Waals surface area (Å²) in [5.74, 6) is 0.0846. The van der Waals surface area contributed by atoms with Crippen LogP contribution >= 0.6 is 0 Å². The number of urea groups is 1. The maximum Gasteiger partial charge on any atom is 0.339 e. The average molecular weight is 319 g/mol. The van der Waals surface area contributed by atoms with E-state index in [9.17, 15) is 13.2 Å². The molecule has 0 fully saturated rings. The molecule has 0 saturated heterocycles. The summed E-state index contributed by atoms with van der Waals surface area (Å²) in [5, 5.41) is 3.58. The van der Waals surface area contributed by atoms with E-state index in [0.29, 0.717) is 5.56 Å². The normalized spacial score (nSPS) is 11.3. The van der Waals surface area contributed by atoms with Crippen molar-refractivity contribution in [1.29, 1.82) is 0 Å². The molecule has 0 heterocycles. The second-order valence-electron chi connectivity index (χ2n) is 4.12. The summed E-state index contributed by atoms with van der Waals surface area (Å²) in [6.07, 6.45) is 1.24. The number of carbonyl (C=O) groups is 1. The average Bonchev–Trinajstić information content (AvgIpc) is 2.49. The second kappa shape index (κ2) is 6.72. The number of carbonyl (C=O) groups excluding carboxylic acids is 1. The quantitative estimate of drug-likeness (QED) is 0.493. The number of hydrogen-bond acceptors (Lipinski definition) is 5. The molecule has 0 saturated carbocycles. The smallest absolute Gasteiger partial charge is 0.339 e. The minimum atomic E-state index is -3.95. The van der Waals surface area contributed by atoms with Gasteiger partial charge in [-0.25, -0.2) is 10.2 Å². The number of hydrazone groups is 1. The summed E-state index contributed by atoms with van der Waals surface area (Å²) in [4.78, 5) is 10.6. The summed E-state index contributed by atoms with van der Waals surface area (Å²) in [7, 11) is -3.95. The van der Waals surface area contributed by atoms with Gasteiger partial charge in [0.05, 0.1) is 6.21 Å². The Balaban J connectivity index is 2.27. The van der Waals surface area contributed by atoms with E-state index in [0.717, 1.165) is 0 Å². The number of para-hydroxylation sites is 1. The van der Waals surface area contributed by atoms with Crippen molar-refractivity contribution in [1.82, 2.24) is 5.43 Å². The molecule has 0 radical (unpaired) electrons. The lowest BCUT2D eigenvalue weighted by atomic mass is 10.2. The van der Waals surface area contributed by atoms with E-state index < -0.39 is 16.1 Å². The largest absolute Gasteiger partial charge is 0.378 e. The van der Waals surface area contributed by atoms with E-state index in [1.165, 1.54) is 24.4 Å². The fraction of sp³-hybridized carbons (Fsp3) is 0. The van der Waals surface area contributed by atoms with E-state index in [-0.39, 0.29) is 10.6 Å². The Morgan fingerprint density at radius 1 is 1.09 bits per heavy atom. The lowest BCUT2D eigenvalue weighted by molar-refractivity contribution is 0.249. The minimum absolute atomic E-state index is 0.0389. The Labute approximate surface area is 127 Å². The van der Waals surface area contributed by atoms with E-state index in [4.69, 9.17) is 9.92 Å². The van der Waals surface area contributed by atoms with Gasteiger partial charge in [0.15, 0.2) is 5.75 Å². The number of nitrogens with one attached hydrogen (secondary N) is 1. The Bertz CT molecular complexity index is 789. The molecule has 2 amide bonds. The predicted octanol–water partition coefficient (Wildman–Crippen LogP) is 1.46. The molecule has 0 spiro atoms. The molecule has 114 valence electrons. The summed E-state index contributed by atoms with van der Waals surface area (Å²) >= 11 is 0. The third-order valence-corrected chi connectivity index (χ3v) is 3.78. The van der Waals surface area contributed by atoms with Gasteiger partial charge >= 0.3 is 16.1 Å². The molecule has 2 aromatic carbocycles. The molecule has 22 heavy (non-hydrogen) atoms. The van der Waals surface area contributed by atoms with Crippen LogP contribution in [0.3, 0.4) is 0 Å². The van der Waals surface area contributed by atoms with Crippen LogP contribution < -0.4 is 15.3 Å². The molecular weight excluding hydrogens is 306 g/mol. The highest BCUT2D eigenvalue weighted by molar-refractivity contribution is 7.87. The number of hydrogen-bond donors (Lipinski definition) is 2. The van der Waals surface area contributed by atoms with Crippen LogP contribution in [-0.2, 0) is 10.1 Å². The molecule has 0 aliphatic rings. The van der Waals surface area contributed by atoms with Gasteiger partial charge in [-0.3, -0.25) is 0 Å². The Hall–Kier alpha value is -2.87. The van der Waals surface area contributed by atoms with Crippen molar-refractivity contribution in [3.63, 3.8) is 0 Å². The highest BCUT2D eigenvalue weighted by Crippen LogP contribution is 2.21. The first kappa shape index (κ1) is 15.5. The Morgan fingerprint density at radius 3 is 2.41 bits per heavy atom. The van der Waals surface area contributed by atoms with Crippen LogP contribution in [0.25, 0.3) is 0 Å². The molecule has 2 aromatic rings. The number of primary amides is 1. The zero-order valence-electron chi connectivity index (χ0n) is 11.3. The molecular formula is C14H13N3O4S. The van der Waals surface area contributed by atoms with Crippen molar-refractivity contribution < 1.29 is 17.4 Å². The van der Waals surface area contributed by atoms with Gasteiger partial charge in [0, 0.05) is 5.56 Å². The van der Waals surface area contributed by atoms with Crippen LogP contribution in [0.15, 0.2) is 64.6 Å². The number of nitrogens with zero attached hydrogens (tertiary/aromatic N) is 1. The fourth-order valence-corrected chi connectivity index (χ4v) is 2.56. The van der Waals surface area contributed by atoms with Crippen molar-refractivity contribution in [3.8, 4) is 5.75 Å². The second-order valence-corrected chi connectivity index (χ2v) is 5.67. The fourth-order valence-electron chi connectivity index (χ4n) is 1.58. The van der Waals surface area contributed by atoms with Crippen LogP contribution in [0.1, 0.15) is 5.56 Å². The van der Waals surface area contributed by atoms with Crippen LogP contribution in [0.4, 0.5) is 4.79 Å². The van der Waals surface area contributed by atoms with Gasteiger partial charge in [-0.15, -0.1) is 0 Å². The first-order valence-electron chi connectivity index (χ1n) is 6.16. The Morgan fingerprint density at radius 2 is 1.73 bits per heavy atom. The van der Waals surface area contributed by atoms with Crippen molar-refractivity contribution in [3.05, 3.63) is 60.2 Å². The van der Waals surface area contributed by atoms with Gasteiger partial charge in [-0.1, -0.05) is 30.3 Å². The number of amides is 2. The van der Waals surface area contributed by atoms with Gasteiger partial charge < -0.3 is 9.92 Å². The maximum absolute atomic E-state index is 12.2. The first-order valence-corrected chi connectivity index (χ1v) is 7.57. The third kappa shape index (κ3) is 4.06. The Kier molecular flexibility index (Phi) is 4.74. The molecule has 0 aliphatic heterocycles. The van der Waals surface area contributed by atoms with E-state index in [1.807, 2.05) is 5.43 Å². The van der Waals surface area contributed by atoms with Gasteiger partial charge in [0.2, 0.25) is 0 Å². The number of benzene rings is 2. The van der Waals surface area contributed by atoms with E-state index >= 15 is 0 Å². The van der Waals surface area contributed by atoms with Gasteiger partial charge in [-0.05, 0) is 24.3 Å².